The van der Waals surface area contributed by atoms with Crippen LogP contribution in [0.2, 0.25) is 0 Å². The largest absolute Gasteiger partial charge is 0.340 e. The normalized spacial score (nSPS) is 25.0. The highest BCUT2D eigenvalue weighted by Gasteiger charge is 2.32. The highest BCUT2D eigenvalue weighted by Crippen LogP contribution is 2.22. The lowest BCUT2D eigenvalue weighted by molar-refractivity contribution is -0.132. The van der Waals surface area contributed by atoms with Crippen LogP contribution in [0.25, 0.3) is 0 Å². The number of hydrogen-bond donors (Lipinski definition) is 2. The van der Waals surface area contributed by atoms with Gasteiger partial charge in [0, 0.05) is 25.2 Å². The van der Waals surface area contributed by atoms with Gasteiger partial charge < -0.3 is 10.2 Å². The summed E-state index contributed by atoms with van der Waals surface area (Å²) in [6, 6.07) is 6.15. The molecule has 0 radical (unpaired) electrons. The van der Waals surface area contributed by atoms with Gasteiger partial charge in [-0.2, -0.15) is 0 Å². The third kappa shape index (κ3) is 2.96. The molecule has 1 aromatic rings. The van der Waals surface area contributed by atoms with Crippen molar-refractivity contribution in [3.63, 3.8) is 0 Å². The Hall–Kier alpha value is -1.93. The molecule has 23 heavy (non-hydrogen) atoms. The van der Waals surface area contributed by atoms with E-state index >= 15 is 0 Å². The fourth-order valence-corrected chi connectivity index (χ4v) is 4.16. The van der Waals surface area contributed by atoms with Crippen LogP contribution in [0.4, 0.5) is 0 Å². The van der Waals surface area contributed by atoms with Crippen molar-refractivity contribution in [3.05, 3.63) is 29.8 Å². The smallest absolute Gasteiger partial charge is 0.263 e. The predicted octanol–water partition coefficient (Wildman–Crippen LogP) is -0.0661. The van der Waals surface area contributed by atoms with Crippen molar-refractivity contribution < 1.29 is 13.2 Å². The maximum atomic E-state index is 12.5. The van der Waals surface area contributed by atoms with Gasteiger partial charge in [0.2, 0.25) is 5.91 Å². The number of sulfonamides is 1. The number of likely N-dealkylation sites (N-methyl/N-ethyl adjacent to an activating group) is 1. The van der Waals surface area contributed by atoms with Gasteiger partial charge in [-0.1, -0.05) is 12.1 Å². The first-order valence-electron chi connectivity index (χ1n) is 7.57. The molecule has 0 saturated carbocycles. The van der Waals surface area contributed by atoms with Gasteiger partial charge >= 0.3 is 0 Å². The Labute approximate surface area is 135 Å². The van der Waals surface area contributed by atoms with E-state index in [4.69, 9.17) is 0 Å². The number of amides is 1. The Morgan fingerprint density at radius 3 is 2.83 bits per heavy atom. The number of nitrogens with zero attached hydrogens (tertiary/aromatic N) is 2. The van der Waals surface area contributed by atoms with E-state index in [9.17, 15) is 13.2 Å². The number of aliphatic imine (C=N–C) groups is 1. The molecule has 0 spiro atoms. The summed E-state index contributed by atoms with van der Waals surface area (Å²) in [4.78, 5) is 18.7. The molecule has 7 nitrogen and oxygen atoms in total. The van der Waals surface area contributed by atoms with Crippen molar-refractivity contribution >= 4 is 21.8 Å². The summed E-state index contributed by atoms with van der Waals surface area (Å²) < 4.78 is 26.6. The summed E-state index contributed by atoms with van der Waals surface area (Å²) in [5, 5.41) is 3.22. The van der Waals surface area contributed by atoms with Crippen LogP contribution in [0.5, 0.6) is 0 Å². The standard InChI is InChI=1S/C15H20N4O3S/c1-10(15(20)19(2)11-7-8-16-9-11)17-14-12-5-3-4-6-13(12)23(21,22)18-14/h3-6,10-11,16H,7-9H2,1-2H3,(H,17,18). The van der Waals surface area contributed by atoms with Crippen molar-refractivity contribution in [2.24, 2.45) is 4.99 Å². The molecule has 1 amide bonds. The first kappa shape index (κ1) is 15.9. The van der Waals surface area contributed by atoms with Gasteiger partial charge in [0.15, 0.2) is 0 Å². The minimum Gasteiger partial charge on any atom is -0.340 e. The average molecular weight is 336 g/mol. The number of nitrogens with one attached hydrogen (secondary N) is 2. The molecule has 0 bridgehead atoms. The molecule has 2 N–H and O–H groups in total. The number of carbonyl (C=O) groups excluding carboxylic acids is 1. The molecule has 2 aliphatic heterocycles. The van der Waals surface area contributed by atoms with E-state index < -0.39 is 16.1 Å². The van der Waals surface area contributed by atoms with Gasteiger partial charge in [-0.25, -0.2) is 8.42 Å². The molecular weight excluding hydrogens is 316 g/mol. The Morgan fingerprint density at radius 1 is 1.39 bits per heavy atom. The number of carbonyl (C=O) groups is 1. The number of amidine groups is 1. The van der Waals surface area contributed by atoms with Crippen LogP contribution in [-0.4, -0.2) is 57.3 Å². The molecule has 0 aromatic heterocycles. The molecule has 2 atom stereocenters. The minimum absolute atomic E-state index is 0.116. The first-order valence-corrected chi connectivity index (χ1v) is 9.06. The van der Waals surface area contributed by atoms with Gasteiger partial charge in [-0.05, 0) is 32.0 Å². The van der Waals surface area contributed by atoms with E-state index in [0.29, 0.717) is 5.56 Å². The predicted molar refractivity (Wildman–Crippen MR) is 86.8 cm³/mol. The van der Waals surface area contributed by atoms with E-state index in [0.717, 1.165) is 19.5 Å². The van der Waals surface area contributed by atoms with Gasteiger partial charge in [0.05, 0.1) is 4.90 Å². The highest BCUT2D eigenvalue weighted by molar-refractivity contribution is 7.90. The zero-order valence-electron chi connectivity index (χ0n) is 13.1. The third-order valence-corrected chi connectivity index (χ3v) is 5.67. The molecule has 1 aromatic carbocycles. The molecule has 2 aliphatic rings. The monoisotopic (exact) mass is 336 g/mol. The van der Waals surface area contributed by atoms with Crippen molar-refractivity contribution in [2.45, 2.75) is 30.3 Å². The lowest BCUT2D eigenvalue weighted by Crippen LogP contribution is -2.43. The van der Waals surface area contributed by atoms with Crippen LogP contribution in [0, 0.1) is 0 Å². The van der Waals surface area contributed by atoms with Crippen LogP contribution in [0.3, 0.4) is 0 Å². The maximum Gasteiger partial charge on any atom is 0.263 e. The van der Waals surface area contributed by atoms with E-state index in [1.54, 1.807) is 37.1 Å². The fraction of sp³-hybridized carbons (Fsp3) is 0.467. The third-order valence-electron chi connectivity index (χ3n) is 4.27. The summed E-state index contributed by atoms with van der Waals surface area (Å²) in [6.45, 7) is 3.36. The Balaban J connectivity index is 1.83. The molecule has 2 unspecified atom stereocenters. The van der Waals surface area contributed by atoms with Crippen molar-refractivity contribution in [3.8, 4) is 0 Å². The lowest BCUT2D eigenvalue weighted by Gasteiger charge is -2.25. The zero-order valence-corrected chi connectivity index (χ0v) is 13.9. The summed E-state index contributed by atoms with van der Waals surface area (Å²) in [5.74, 6) is 0.120. The van der Waals surface area contributed by atoms with Gasteiger partial charge in [-0.3, -0.25) is 14.5 Å². The second kappa shape index (κ2) is 5.93. The fourth-order valence-electron chi connectivity index (χ4n) is 2.92. The SMILES string of the molecule is CC(N=C1NS(=O)(=O)c2ccccc21)C(=O)N(C)C1CCNC1. The number of rotatable bonds is 3. The van der Waals surface area contributed by atoms with E-state index in [-0.39, 0.29) is 22.7 Å². The molecule has 3 rings (SSSR count). The number of benzene rings is 1. The van der Waals surface area contributed by atoms with Crippen LogP contribution in [0.1, 0.15) is 18.9 Å². The summed E-state index contributed by atoms with van der Waals surface area (Å²) in [6.07, 6.45) is 0.918. The quantitative estimate of drug-likeness (QED) is 0.809. The van der Waals surface area contributed by atoms with Gasteiger partial charge in [0.25, 0.3) is 10.0 Å². The first-order chi connectivity index (χ1) is 10.9. The topological polar surface area (TPSA) is 90.9 Å². The van der Waals surface area contributed by atoms with E-state index in [1.165, 1.54) is 6.07 Å². The van der Waals surface area contributed by atoms with Crippen molar-refractivity contribution in [1.29, 1.82) is 0 Å². The van der Waals surface area contributed by atoms with Crippen LogP contribution in [0.15, 0.2) is 34.2 Å². The molecule has 2 heterocycles. The molecule has 0 aliphatic carbocycles. The number of hydrogen-bond acceptors (Lipinski definition) is 5. The van der Waals surface area contributed by atoms with Crippen molar-refractivity contribution in [2.75, 3.05) is 20.1 Å². The highest BCUT2D eigenvalue weighted by atomic mass is 32.2. The van der Waals surface area contributed by atoms with Crippen LogP contribution in [-0.2, 0) is 14.8 Å². The van der Waals surface area contributed by atoms with E-state index in [2.05, 4.69) is 15.0 Å². The Kier molecular flexibility index (Phi) is 4.11. The summed E-state index contributed by atoms with van der Waals surface area (Å²) in [5.41, 5.74) is 0.511. The molecule has 1 fully saturated rings. The average Bonchev–Trinajstić information content (AvgIpc) is 3.14. The molecule has 1 saturated heterocycles. The molecule has 8 heteroatoms. The van der Waals surface area contributed by atoms with Crippen molar-refractivity contribution in [1.82, 2.24) is 14.9 Å². The Morgan fingerprint density at radius 2 is 2.13 bits per heavy atom. The minimum atomic E-state index is -3.58. The summed E-state index contributed by atoms with van der Waals surface area (Å²) in [7, 11) is -1.81. The van der Waals surface area contributed by atoms with Gasteiger partial charge in [0.1, 0.15) is 11.9 Å². The zero-order chi connectivity index (χ0) is 16.6. The van der Waals surface area contributed by atoms with Gasteiger partial charge in [-0.15, -0.1) is 0 Å². The molecule has 124 valence electrons. The van der Waals surface area contributed by atoms with Crippen LogP contribution >= 0.6 is 0 Å². The second-order valence-electron chi connectivity index (χ2n) is 5.85. The second-order valence-corrected chi connectivity index (χ2v) is 7.50. The maximum absolute atomic E-state index is 12.5. The van der Waals surface area contributed by atoms with Crippen LogP contribution < -0.4 is 10.0 Å². The molecular formula is C15H20N4O3S. The lowest BCUT2D eigenvalue weighted by atomic mass is 10.2. The summed E-state index contributed by atoms with van der Waals surface area (Å²) >= 11 is 0. The number of fused-ring (bicyclic) bond motifs is 1. The Bertz CT molecular complexity index is 754. The van der Waals surface area contributed by atoms with E-state index in [1.807, 2.05) is 0 Å².